The van der Waals surface area contributed by atoms with Crippen LogP contribution in [0.5, 0.6) is 0 Å². The third-order valence-electron chi connectivity index (χ3n) is 5.93. The second-order valence-electron chi connectivity index (χ2n) is 7.86. The van der Waals surface area contributed by atoms with Gasteiger partial charge in [-0.25, -0.2) is 0 Å². The van der Waals surface area contributed by atoms with Gasteiger partial charge in [0.2, 0.25) is 5.91 Å². The highest BCUT2D eigenvalue weighted by Gasteiger charge is 2.27. The molecule has 1 saturated heterocycles. The van der Waals surface area contributed by atoms with Crippen LogP contribution in [0, 0.1) is 0 Å². The predicted molar refractivity (Wildman–Crippen MR) is 115 cm³/mol. The van der Waals surface area contributed by atoms with Gasteiger partial charge in [-0.3, -0.25) is 9.59 Å². The summed E-state index contributed by atoms with van der Waals surface area (Å²) >= 11 is 0. The Morgan fingerprint density at radius 1 is 1.00 bits per heavy atom. The van der Waals surface area contributed by atoms with Crippen molar-refractivity contribution in [3.63, 3.8) is 0 Å². The SMILES string of the molecule is Nc1cccc2c1CCCN2CC(=O)N1CCC(NC(=O)c2ccccc2)CC1. The van der Waals surface area contributed by atoms with E-state index in [0.29, 0.717) is 25.2 Å². The average Bonchev–Trinajstić information content (AvgIpc) is 2.75. The molecule has 1 fully saturated rings. The van der Waals surface area contributed by atoms with E-state index >= 15 is 0 Å². The Hall–Kier alpha value is -3.02. The molecule has 2 amide bonds. The molecule has 2 aromatic rings. The van der Waals surface area contributed by atoms with Crippen LogP contribution in [-0.4, -0.2) is 48.9 Å². The first-order valence-electron chi connectivity index (χ1n) is 10.4. The Morgan fingerprint density at radius 3 is 2.52 bits per heavy atom. The maximum atomic E-state index is 12.9. The highest BCUT2D eigenvalue weighted by atomic mass is 16.2. The van der Waals surface area contributed by atoms with Crippen molar-refractivity contribution in [3.8, 4) is 0 Å². The standard InChI is InChI=1S/C23H28N4O2/c24-20-9-4-10-21-19(20)8-5-13-27(21)16-22(28)26-14-11-18(12-15-26)25-23(29)17-6-2-1-3-7-17/h1-4,6-7,9-10,18H,5,8,11-16,24H2,(H,25,29). The lowest BCUT2D eigenvalue weighted by Gasteiger charge is -2.36. The summed E-state index contributed by atoms with van der Waals surface area (Å²) < 4.78 is 0. The number of nitrogens with one attached hydrogen (secondary N) is 1. The number of nitrogens with two attached hydrogens (primary N) is 1. The lowest BCUT2D eigenvalue weighted by Crippen LogP contribution is -2.49. The van der Waals surface area contributed by atoms with Crippen molar-refractivity contribution in [1.29, 1.82) is 0 Å². The molecule has 0 aliphatic carbocycles. The molecule has 0 radical (unpaired) electrons. The molecular formula is C23H28N4O2. The lowest BCUT2D eigenvalue weighted by molar-refractivity contribution is -0.130. The normalized spacial score (nSPS) is 17.0. The number of nitrogen functional groups attached to an aromatic ring is 1. The number of fused-ring (bicyclic) bond motifs is 1. The number of hydrogen-bond acceptors (Lipinski definition) is 4. The molecule has 0 aromatic heterocycles. The molecule has 2 aliphatic rings. The van der Waals surface area contributed by atoms with Crippen LogP contribution in [0.1, 0.15) is 35.2 Å². The molecule has 6 heteroatoms. The maximum Gasteiger partial charge on any atom is 0.251 e. The van der Waals surface area contributed by atoms with Gasteiger partial charge in [0.1, 0.15) is 0 Å². The fourth-order valence-corrected chi connectivity index (χ4v) is 4.29. The van der Waals surface area contributed by atoms with Gasteiger partial charge in [0.05, 0.1) is 6.54 Å². The molecule has 3 N–H and O–H groups in total. The highest BCUT2D eigenvalue weighted by Crippen LogP contribution is 2.31. The van der Waals surface area contributed by atoms with Crippen LogP contribution in [0.15, 0.2) is 48.5 Å². The van der Waals surface area contributed by atoms with Gasteiger partial charge in [-0.15, -0.1) is 0 Å². The Bertz CT molecular complexity index is 876. The molecular weight excluding hydrogens is 364 g/mol. The van der Waals surface area contributed by atoms with E-state index < -0.39 is 0 Å². The molecule has 0 atom stereocenters. The summed E-state index contributed by atoms with van der Waals surface area (Å²) in [5.74, 6) is 0.103. The number of likely N-dealkylation sites (tertiary alicyclic amines) is 1. The third-order valence-corrected chi connectivity index (χ3v) is 5.93. The first-order valence-corrected chi connectivity index (χ1v) is 10.4. The zero-order chi connectivity index (χ0) is 20.2. The average molecular weight is 393 g/mol. The minimum atomic E-state index is -0.0436. The molecule has 0 unspecified atom stereocenters. The van der Waals surface area contributed by atoms with Crippen molar-refractivity contribution in [2.45, 2.75) is 31.7 Å². The second-order valence-corrected chi connectivity index (χ2v) is 7.86. The van der Waals surface area contributed by atoms with Gasteiger partial charge >= 0.3 is 0 Å². The summed E-state index contributed by atoms with van der Waals surface area (Å²) in [4.78, 5) is 29.3. The molecule has 2 aromatic carbocycles. The van der Waals surface area contributed by atoms with Crippen LogP contribution in [0.25, 0.3) is 0 Å². The van der Waals surface area contributed by atoms with Crippen molar-refractivity contribution < 1.29 is 9.59 Å². The van der Waals surface area contributed by atoms with Crippen LogP contribution in [0.4, 0.5) is 11.4 Å². The lowest BCUT2D eigenvalue weighted by atomic mass is 9.99. The molecule has 0 bridgehead atoms. The van der Waals surface area contributed by atoms with E-state index in [9.17, 15) is 9.59 Å². The summed E-state index contributed by atoms with van der Waals surface area (Å²) in [7, 11) is 0. The molecule has 6 nitrogen and oxygen atoms in total. The van der Waals surface area contributed by atoms with Gasteiger partial charge < -0.3 is 20.9 Å². The van der Waals surface area contributed by atoms with Crippen LogP contribution >= 0.6 is 0 Å². The van der Waals surface area contributed by atoms with Gasteiger partial charge in [-0.2, -0.15) is 0 Å². The van der Waals surface area contributed by atoms with E-state index in [0.717, 1.165) is 49.2 Å². The van der Waals surface area contributed by atoms with Crippen LogP contribution in [-0.2, 0) is 11.2 Å². The van der Waals surface area contributed by atoms with Crippen LogP contribution in [0.3, 0.4) is 0 Å². The third kappa shape index (κ3) is 4.36. The first kappa shape index (κ1) is 19.3. The number of amides is 2. The Kier molecular flexibility index (Phi) is 5.69. The zero-order valence-corrected chi connectivity index (χ0v) is 16.6. The number of hydrogen-bond donors (Lipinski definition) is 2. The summed E-state index contributed by atoms with van der Waals surface area (Å²) in [6.07, 6.45) is 3.56. The number of anilines is 2. The first-order chi connectivity index (χ1) is 14.1. The number of carbonyl (C=O) groups is 2. The summed E-state index contributed by atoms with van der Waals surface area (Å²) in [5.41, 5.74) is 9.86. The minimum Gasteiger partial charge on any atom is -0.398 e. The van der Waals surface area contributed by atoms with E-state index in [1.54, 1.807) is 0 Å². The number of benzene rings is 2. The molecule has 152 valence electrons. The van der Waals surface area contributed by atoms with E-state index in [4.69, 9.17) is 5.73 Å². The highest BCUT2D eigenvalue weighted by molar-refractivity contribution is 5.94. The predicted octanol–water partition coefficient (Wildman–Crippen LogP) is 2.44. The van der Waals surface area contributed by atoms with Gasteiger partial charge in [-0.05, 0) is 55.5 Å². The van der Waals surface area contributed by atoms with Crippen molar-refractivity contribution in [2.24, 2.45) is 0 Å². The van der Waals surface area contributed by atoms with Crippen molar-refractivity contribution in [2.75, 3.05) is 36.8 Å². The minimum absolute atomic E-state index is 0.0436. The number of rotatable bonds is 4. The van der Waals surface area contributed by atoms with Gasteiger partial charge in [0, 0.05) is 42.6 Å². The molecule has 2 heterocycles. The number of nitrogens with zero attached hydrogens (tertiary/aromatic N) is 2. The Balaban J connectivity index is 1.30. The monoisotopic (exact) mass is 392 g/mol. The van der Waals surface area contributed by atoms with Crippen molar-refractivity contribution in [1.82, 2.24) is 10.2 Å². The molecule has 29 heavy (non-hydrogen) atoms. The second kappa shape index (κ2) is 8.55. The van der Waals surface area contributed by atoms with E-state index in [1.165, 1.54) is 0 Å². The molecule has 0 spiro atoms. The van der Waals surface area contributed by atoms with Crippen molar-refractivity contribution >= 4 is 23.2 Å². The number of carbonyl (C=O) groups excluding carboxylic acids is 2. The van der Waals surface area contributed by atoms with Crippen LogP contribution in [0.2, 0.25) is 0 Å². The smallest absolute Gasteiger partial charge is 0.251 e. The topological polar surface area (TPSA) is 78.7 Å². The van der Waals surface area contributed by atoms with Crippen molar-refractivity contribution in [3.05, 3.63) is 59.7 Å². The molecule has 2 aliphatic heterocycles. The summed E-state index contributed by atoms with van der Waals surface area (Å²) in [6, 6.07) is 15.3. The van der Waals surface area contributed by atoms with Gasteiger partial charge in [-0.1, -0.05) is 24.3 Å². The van der Waals surface area contributed by atoms with Crippen LogP contribution < -0.4 is 16.0 Å². The van der Waals surface area contributed by atoms with Gasteiger partial charge in [0.25, 0.3) is 5.91 Å². The summed E-state index contributed by atoms with van der Waals surface area (Å²) in [6.45, 7) is 2.62. The van der Waals surface area contributed by atoms with E-state index in [-0.39, 0.29) is 17.9 Å². The number of piperidine rings is 1. The summed E-state index contributed by atoms with van der Waals surface area (Å²) in [5, 5.41) is 3.09. The fraction of sp³-hybridized carbons (Fsp3) is 0.391. The quantitative estimate of drug-likeness (QED) is 0.784. The Labute approximate surface area is 171 Å². The maximum absolute atomic E-state index is 12.9. The zero-order valence-electron chi connectivity index (χ0n) is 16.6. The fourth-order valence-electron chi connectivity index (χ4n) is 4.29. The Morgan fingerprint density at radius 2 is 1.76 bits per heavy atom. The largest absolute Gasteiger partial charge is 0.398 e. The van der Waals surface area contributed by atoms with E-state index in [2.05, 4.69) is 16.3 Å². The molecule has 0 saturated carbocycles. The van der Waals surface area contributed by atoms with Gasteiger partial charge in [0.15, 0.2) is 0 Å². The molecule has 4 rings (SSSR count). The van der Waals surface area contributed by atoms with E-state index in [1.807, 2.05) is 47.4 Å².